The van der Waals surface area contributed by atoms with E-state index < -0.39 is 0 Å². The number of hydrogen-bond acceptors (Lipinski definition) is 4. The van der Waals surface area contributed by atoms with Crippen LogP contribution in [0.4, 0.5) is 0 Å². The van der Waals surface area contributed by atoms with Gasteiger partial charge in [-0.3, -0.25) is 9.79 Å². The number of esters is 1. The van der Waals surface area contributed by atoms with Gasteiger partial charge in [0.05, 0.1) is 19.1 Å². The maximum absolute atomic E-state index is 12.0. The van der Waals surface area contributed by atoms with Crippen molar-refractivity contribution in [1.82, 2.24) is 10.2 Å². The van der Waals surface area contributed by atoms with Crippen LogP contribution in [0, 0.1) is 5.92 Å². The van der Waals surface area contributed by atoms with E-state index in [2.05, 4.69) is 29.3 Å². The Kier molecular flexibility index (Phi) is 8.40. The molecule has 0 unspecified atom stereocenters. The number of hydrogen-bond donors (Lipinski definition) is 1. The number of benzene rings is 1. The van der Waals surface area contributed by atoms with E-state index in [9.17, 15) is 4.79 Å². The van der Waals surface area contributed by atoms with E-state index >= 15 is 0 Å². The minimum absolute atomic E-state index is 0.00243. The first kappa shape index (κ1) is 22.9. The normalized spacial score (nSPS) is 20.1. The second-order valence-electron chi connectivity index (χ2n) is 8.09. The standard InChI is InChI=1S/C23H34ClN3O3/c1-3-25-22(27-12-8-18(9-13-27)21(28)30-4-2)26-17-23(10-14-29-15-11-23)19-6-5-7-20(24)16-19/h5-7,16,18H,3-4,8-15,17H2,1-2H3,(H,25,26). The van der Waals surface area contributed by atoms with Crippen LogP contribution in [0.3, 0.4) is 0 Å². The lowest BCUT2D eigenvalue weighted by molar-refractivity contribution is -0.149. The van der Waals surface area contributed by atoms with Crippen molar-refractivity contribution >= 4 is 23.5 Å². The summed E-state index contributed by atoms with van der Waals surface area (Å²) in [5.74, 6) is 0.853. The first-order valence-corrected chi connectivity index (χ1v) is 11.5. The number of nitrogens with zero attached hydrogens (tertiary/aromatic N) is 2. The molecule has 3 rings (SSSR count). The average molecular weight is 436 g/mol. The molecule has 0 atom stereocenters. The Labute approximate surface area is 185 Å². The Morgan fingerprint density at radius 3 is 2.67 bits per heavy atom. The number of ether oxygens (including phenoxy) is 2. The second kappa shape index (κ2) is 11.0. The number of nitrogens with one attached hydrogen (secondary N) is 1. The van der Waals surface area contributed by atoms with E-state index in [0.717, 1.165) is 69.5 Å². The highest BCUT2D eigenvalue weighted by atomic mass is 35.5. The number of piperidine rings is 1. The molecule has 1 aromatic rings. The van der Waals surface area contributed by atoms with Gasteiger partial charge in [-0.1, -0.05) is 23.7 Å². The van der Waals surface area contributed by atoms with Crippen molar-refractivity contribution in [2.75, 3.05) is 46.0 Å². The summed E-state index contributed by atoms with van der Waals surface area (Å²) < 4.78 is 10.8. The van der Waals surface area contributed by atoms with Gasteiger partial charge in [0.25, 0.3) is 0 Å². The summed E-state index contributed by atoms with van der Waals surface area (Å²) in [6.07, 6.45) is 3.47. The summed E-state index contributed by atoms with van der Waals surface area (Å²) in [7, 11) is 0. The van der Waals surface area contributed by atoms with Crippen molar-refractivity contribution in [3.05, 3.63) is 34.9 Å². The van der Waals surface area contributed by atoms with Crippen molar-refractivity contribution < 1.29 is 14.3 Å². The fourth-order valence-electron chi connectivity index (χ4n) is 4.36. The van der Waals surface area contributed by atoms with E-state index in [1.54, 1.807) is 0 Å². The molecule has 0 aliphatic carbocycles. The molecule has 0 aromatic heterocycles. The molecule has 2 aliphatic heterocycles. The molecule has 2 aliphatic rings. The van der Waals surface area contributed by atoms with Gasteiger partial charge in [-0.2, -0.15) is 0 Å². The third-order valence-corrected chi connectivity index (χ3v) is 6.40. The highest BCUT2D eigenvalue weighted by Gasteiger charge is 2.35. The lowest BCUT2D eigenvalue weighted by Gasteiger charge is -2.38. The van der Waals surface area contributed by atoms with Gasteiger partial charge in [0.2, 0.25) is 0 Å². The summed E-state index contributed by atoms with van der Waals surface area (Å²) in [6.45, 7) is 8.98. The molecule has 2 heterocycles. The Hall–Kier alpha value is -1.79. The summed E-state index contributed by atoms with van der Waals surface area (Å²) >= 11 is 6.30. The Bertz CT molecular complexity index is 726. The monoisotopic (exact) mass is 435 g/mol. The minimum atomic E-state index is -0.0683. The van der Waals surface area contributed by atoms with Crippen molar-refractivity contribution in [3.8, 4) is 0 Å². The fraction of sp³-hybridized carbons (Fsp3) is 0.652. The summed E-state index contributed by atoms with van der Waals surface area (Å²) in [4.78, 5) is 19.4. The van der Waals surface area contributed by atoms with Crippen LogP contribution >= 0.6 is 11.6 Å². The molecule has 30 heavy (non-hydrogen) atoms. The number of halogens is 1. The van der Waals surface area contributed by atoms with Crippen LogP contribution in [-0.2, 0) is 19.7 Å². The molecule has 166 valence electrons. The molecule has 7 heteroatoms. The van der Waals surface area contributed by atoms with Crippen LogP contribution in [0.15, 0.2) is 29.3 Å². The van der Waals surface area contributed by atoms with Crippen LogP contribution in [-0.4, -0.2) is 62.8 Å². The molecule has 0 saturated carbocycles. The second-order valence-corrected chi connectivity index (χ2v) is 8.52. The van der Waals surface area contributed by atoms with E-state index in [4.69, 9.17) is 26.1 Å². The molecule has 2 saturated heterocycles. The van der Waals surface area contributed by atoms with E-state index in [1.165, 1.54) is 5.56 Å². The summed E-state index contributed by atoms with van der Waals surface area (Å²) in [5.41, 5.74) is 1.17. The average Bonchev–Trinajstić information content (AvgIpc) is 2.77. The van der Waals surface area contributed by atoms with Gasteiger partial charge < -0.3 is 19.7 Å². The van der Waals surface area contributed by atoms with Crippen molar-refractivity contribution in [1.29, 1.82) is 0 Å². The number of aliphatic imine (C=N–C) groups is 1. The van der Waals surface area contributed by atoms with Crippen LogP contribution in [0.25, 0.3) is 0 Å². The maximum Gasteiger partial charge on any atom is 0.309 e. The third kappa shape index (κ3) is 5.67. The zero-order valence-corrected chi connectivity index (χ0v) is 18.9. The van der Waals surface area contributed by atoms with Crippen LogP contribution in [0.1, 0.15) is 45.1 Å². The predicted molar refractivity (Wildman–Crippen MR) is 120 cm³/mol. The summed E-state index contributed by atoms with van der Waals surface area (Å²) in [5, 5.41) is 4.20. The summed E-state index contributed by atoms with van der Waals surface area (Å²) in [6, 6.07) is 8.16. The SMILES string of the molecule is CCNC(=NCC1(c2cccc(Cl)c2)CCOCC1)N1CCC(C(=O)OCC)CC1. The minimum Gasteiger partial charge on any atom is -0.466 e. The van der Waals surface area contributed by atoms with Crippen LogP contribution in [0.5, 0.6) is 0 Å². The lowest BCUT2D eigenvalue weighted by atomic mass is 9.74. The van der Waals surface area contributed by atoms with Crippen molar-refractivity contribution in [2.45, 2.75) is 44.9 Å². The predicted octanol–water partition coefficient (Wildman–Crippen LogP) is 3.63. The number of likely N-dealkylation sites (tertiary alicyclic amines) is 1. The molecule has 1 N–H and O–H groups in total. The van der Waals surface area contributed by atoms with Crippen LogP contribution in [0.2, 0.25) is 5.02 Å². The zero-order valence-electron chi connectivity index (χ0n) is 18.2. The molecule has 2 fully saturated rings. The molecule has 0 radical (unpaired) electrons. The fourth-order valence-corrected chi connectivity index (χ4v) is 4.55. The molecule has 6 nitrogen and oxygen atoms in total. The van der Waals surface area contributed by atoms with Gasteiger partial charge in [0.1, 0.15) is 0 Å². The maximum atomic E-state index is 12.0. The third-order valence-electron chi connectivity index (χ3n) is 6.17. The van der Waals surface area contributed by atoms with Gasteiger partial charge >= 0.3 is 5.97 Å². The first-order chi connectivity index (χ1) is 14.6. The van der Waals surface area contributed by atoms with Crippen molar-refractivity contribution in [2.24, 2.45) is 10.9 Å². The van der Waals surface area contributed by atoms with Gasteiger partial charge in [-0.25, -0.2) is 0 Å². The number of guanidine groups is 1. The molecular weight excluding hydrogens is 402 g/mol. The van der Waals surface area contributed by atoms with E-state index in [-0.39, 0.29) is 17.3 Å². The molecule has 0 spiro atoms. The molecule has 0 bridgehead atoms. The molecular formula is C23H34ClN3O3. The Balaban J connectivity index is 1.73. The Morgan fingerprint density at radius 1 is 1.30 bits per heavy atom. The van der Waals surface area contributed by atoms with Gasteiger partial charge in [-0.15, -0.1) is 0 Å². The van der Waals surface area contributed by atoms with E-state index in [0.29, 0.717) is 13.2 Å². The Morgan fingerprint density at radius 2 is 2.03 bits per heavy atom. The topological polar surface area (TPSA) is 63.2 Å². The molecule has 0 amide bonds. The number of carbonyl (C=O) groups excluding carboxylic acids is 1. The van der Waals surface area contributed by atoms with Crippen LogP contribution < -0.4 is 5.32 Å². The highest BCUT2D eigenvalue weighted by molar-refractivity contribution is 6.30. The largest absolute Gasteiger partial charge is 0.466 e. The zero-order chi connectivity index (χ0) is 21.4. The lowest BCUT2D eigenvalue weighted by Crippen LogP contribution is -2.47. The number of carbonyl (C=O) groups is 1. The van der Waals surface area contributed by atoms with Crippen molar-refractivity contribution in [3.63, 3.8) is 0 Å². The molecule has 1 aromatic carbocycles. The number of rotatable bonds is 6. The van der Waals surface area contributed by atoms with E-state index in [1.807, 2.05) is 19.1 Å². The van der Waals surface area contributed by atoms with Gasteiger partial charge in [0, 0.05) is 43.3 Å². The highest BCUT2D eigenvalue weighted by Crippen LogP contribution is 2.36. The van der Waals surface area contributed by atoms with Gasteiger partial charge in [0.15, 0.2) is 5.96 Å². The van der Waals surface area contributed by atoms with Gasteiger partial charge in [-0.05, 0) is 57.2 Å². The first-order valence-electron chi connectivity index (χ1n) is 11.1. The quantitative estimate of drug-likeness (QED) is 0.420. The smallest absolute Gasteiger partial charge is 0.309 e.